The van der Waals surface area contributed by atoms with Gasteiger partial charge in [0.25, 0.3) is 0 Å². The van der Waals surface area contributed by atoms with Gasteiger partial charge >= 0.3 is 0 Å². The summed E-state index contributed by atoms with van der Waals surface area (Å²) in [6.45, 7) is 1.94. The molecule has 0 heterocycles. The van der Waals surface area contributed by atoms with Crippen molar-refractivity contribution < 1.29 is 4.79 Å². The number of carbonyl (C=O) groups excluding carboxylic acids is 1. The van der Waals surface area contributed by atoms with Gasteiger partial charge in [0.2, 0.25) is 0 Å². The Labute approximate surface area is 126 Å². The average Bonchev–Trinajstić information content (AvgIpc) is 2.40. The second-order valence-corrected chi connectivity index (χ2v) is 5.97. The third kappa shape index (κ3) is 3.75. The highest BCUT2D eigenvalue weighted by Gasteiger charge is 2.09. The van der Waals surface area contributed by atoms with Crippen molar-refractivity contribution in [3.63, 3.8) is 0 Å². The normalized spacial score (nSPS) is 10.5. The maximum Gasteiger partial charge on any atom is 0.173 e. The van der Waals surface area contributed by atoms with Crippen molar-refractivity contribution in [2.45, 2.75) is 11.8 Å². The Morgan fingerprint density at radius 2 is 1.84 bits per heavy atom. The van der Waals surface area contributed by atoms with Crippen LogP contribution in [0.1, 0.15) is 15.9 Å². The Bertz CT molecular complexity index is 611. The highest BCUT2D eigenvalue weighted by Crippen LogP contribution is 2.28. The number of rotatable bonds is 4. The summed E-state index contributed by atoms with van der Waals surface area (Å²) in [6, 6.07) is 13.0. The molecular weight excluding hydrogens is 299 g/mol. The monoisotopic (exact) mass is 310 g/mol. The van der Waals surface area contributed by atoms with Crippen LogP contribution in [0.4, 0.5) is 0 Å². The second kappa shape index (κ2) is 6.47. The van der Waals surface area contributed by atoms with Gasteiger partial charge in [-0.2, -0.15) is 0 Å². The van der Waals surface area contributed by atoms with Gasteiger partial charge in [0.1, 0.15) is 0 Å². The topological polar surface area (TPSA) is 17.1 Å². The van der Waals surface area contributed by atoms with E-state index in [0.29, 0.717) is 15.8 Å². The van der Waals surface area contributed by atoms with E-state index in [9.17, 15) is 4.79 Å². The molecule has 0 amide bonds. The predicted octanol–water partition coefficient (Wildman–Crippen LogP) is 5.28. The summed E-state index contributed by atoms with van der Waals surface area (Å²) >= 11 is 13.3. The molecule has 0 aliphatic rings. The Balaban J connectivity index is 2.04. The van der Waals surface area contributed by atoms with Gasteiger partial charge in [-0.05, 0) is 30.7 Å². The number of Topliss-reactive ketones (excluding diaryl/α,β-unsaturated/α-hetero) is 1. The molecule has 0 atom stereocenters. The zero-order valence-electron chi connectivity index (χ0n) is 10.3. The second-order valence-electron chi connectivity index (χ2n) is 4.10. The molecule has 98 valence electrons. The number of aryl methyl sites for hydroxylation is 1. The fraction of sp³-hybridized carbons (Fsp3) is 0.133. The van der Waals surface area contributed by atoms with Gasteiger partial charge in [-0.1, -0.05) is 47.5 Å². The van der Waals surface area contributed by atoms with Crippen LogP contribution < -0.4 is 0 Å². The van der Waals surface area contributed by atoms with Crippen molar-refractivity contribution in [1.29, 1.82) is 0 Å². The molecule has 0 saturated heterocycles. The molecule has 2 aromatic carbocycles. The zero-order chi connectivity index (χ0) is 13.8. The first-order valence-corrected chi connectivity index (χ1v) is 7.49. The minimum absolute atomic E-state index is 0.120. The molecule has 0 unspecified atom stereocenters. The van der Waals surface area contributed by atoms with Crippen molar-refractivity contribution in [3.05, 3.63) is 63.6 Å². The summed E-state index contributed by atoms with van der Waals surface area (Å²) in [5.41, 5.74) is 1.78. The molecule has 0 aliphatic carbocycles. The number of halogens is 2. The molecule has 0 saturated carbocycles. The summed E-state index contributed by atoms with van der Waals surface area (Å²) in [7, 11) is 0. The zero-order valence-corrected chi connectivity index (χ0v) is 12.6. The van der Waals surface area contributed by atoms with Crippen LogP contribution in [-0.2, 0) is 0 Å². The molecule has 0 spiro atoms. The summed E-state index contributed by atoms with van der Waals surface area (Å²) < 4.78 is 0. The third-order valence-corrected chi connectivity index (χ3v) is 4.44. The standard InChI is InChI=1S/C15H12Cl2OS/c1-10-4-2-3-5-12(10)15(18)9-19-11-6-7-13(16)14(17)8-11/h2-8H,9H2,1H3. The Kier molecular flexibility index (Phi) is 4.92. The van der Waals surface area contributed by atoms with Crippen molar-refractivity contribution >= 4 is 40.7 Å². The SMILES string of the molecule is Cc1ccccc1C(=O)CSc1ccc(Cl)c(Cl)c1. The first kappa shape index (κ1) is 14.4. The largest absolute Gasteiger partial charge is 0.293 e. The molecule has 19 heavy (non-hydrogen) atoms. The lowest BCUT2D eigenvalue weighted by Crippen LogP contribution is -2.04. The highest BCUT2D eigenvalue weighted by molar-refractivity contribution is 8.00. The van der Waals surface area contributed by atoms with Crippen LogP contribution in [0.25, 0.3) is 0 Å². The quantitative estimate of drug-likeness (QED) is 0.564. The molecule has 1 nitrogen and oxygen atoms in total. The lowest BCUT2D eigenvalue weighted by atomic mass is 10.1. The van der Waals surface area contributed by atoms with E-state index in [2.05, 4.69) is 0 Å². The molecule has 0 aliphatic heterocycles. The molecule has 0 radical (unpaired) electrons. The van der Waals surface area contributed by atoms with Gasteiger partial charge in [0, 0.05) is 10.5 Å². The van der Waals surface area contributed by atoms with E-state index < -0.39 is 0 Å². The first-order chi connectivity index (χ1) is 9.08. The number of carbonyl (C=O) groups is 1. The van der Waals surface area contributed by atoms with Gasteiger partial charge in [0.05, 0.1) is 15.8 Å². The van der Waals surface area contributed by atoms with Crippen molar-refractivity contribution in [3.8, 4) is 0 Å². The van der Waals surface area contributed by atoms with E-state index in [1.54, 1.807) is 12.1 Å². The minimum atomic E-state index is 0.120. The van der Waals surface area contributed by atoms with Crippen LogP contribution in [0, 0.1) is 6.92 Å². The van der Waals surface area contributed by atoms with E-state index in [4.69, 9.17) is 23.2 Å². The number of hydrogen-bond donors (Lipinski definition) is 0. The Morgan fingerprint density at radius 3 is 2.53 bits per heavy atom. The molecule has 0 bridgehead atoms. The van der Waals surface area contributed by atoms with Gasteiger partial charge in [-0.3, -0.25) is 4.79 Å². The van der Waals surface area contributed by atoms with Crippen LogP contribution in [0.15, 0.2) is 47.4 Å². The maximum atomic E-state index is 12.1. The molecule has 0 aromatic heterocycles. The van der Waals surface area contributed by atoms with Gasteiger partial charge < -0.3 is 0 Å². The van der Waals surface area contributed by atoms with Crippen molar-refractivity contribution in [2.24, 2.45) is 0 Å². The fourth-order valence-electron chi connectivity index (χ4n) is 1.68. The van der Waals surface area contributed by atoms with Crippen LogP contribution >= 0.6 is 35.0 Å². The van der Waals surface area contributed by atoms with E-state index >= 15 is 0 Å². The van der Waals surface area contributed by atoms with E-state index in [1.807, 2.05) is 37.3 Å². The summed E-state index contributed by atoms with van der Waals surface area (Å²) in [4.78, 5) is 13.1. The smallest absolute Gasteiger partial charge is 0.173 e. The Morgan fingerprint density at radius 1 is 1.11 bits per heavy atom. The lowest BCUT2D eigenvalue weighted by Gasteiger charge is -2.05. The van der Waals surface area contributed by atoms with Gasteiger partial charge in [0.15, 0.2) is 5.78 Å². The molecule has 4 heteroatoms. The third-order valence-electron chi connectivity index (χ3n) is 2.71. The van der Waals surface area contributed by atoms with Crippen LogP contribution in [0.2, 0.25) is 10.0 Å². The molecular formula is C15H12Cl2OS. The predicted molar refractivity (Wildman–Crippen MR) is 82.7 cm³/mol. The molecule has 0 fully saturated rings. The van der Waals surface area contributed by atoms with E-state index in [1.165, 1.54) is 11.8 Å². The summed E-state index contributed by atoms with van der Waals surface area (Å²) in [5.74, 6) is 0.511. The number of hydrogen-bond acceptors (Lipinski definition) is 2. The number of thioether (sulfide) groups is 1. The van der Waals surface area contributed by atoms with Crippen molar-refractivity contribution in [2.75, 3.05) is 5.75 Å². The van der Waals surface area contributed by atoms with E-state index in [-0.39, 0.29) is 5.78 Å². The van der Waals surface area contributed by atoms with E-state index in [0.717, 1.165) is 16.0 Å². The van der Waals surface area contributed by atoms with Gasteiger partial charge in [-0.25, -0.2) is 0 Å². The summed E-state index contributed by atoms with van der Waals surface area (Å²) in [5, 5.41) is 1.03. The molecule has 2 rings (SSSR count). The fourth-order valence-corrected chi connectivity index (χ4v) is 2.86. The number of ketones is 1. The lowest BCUT2D eigenvalue weighted by molar-refractivity contribution is 0.102. The first-order valence-electron chi connectivity index (χ1n) is 5.74. The molecule has 2 aromatic rings. The minimum Gasteiger partial charge on any atom is -0.293 e. The Hall–Kier alpha value is -0.960. The maximum absolute atomic E-state index is 12.1. The van der Waals surface area contributed by atoms with Crippen LogP contribution in [-0.4, -0.2) is 11.5 Å². The number of benzene rings is 2. The van der Waals surface area contributed by atoms with Crippen LogP contribution in [0.3, 0.4) is 0 Å². The van der Waals surface area contributed by atoms with Crippen LogP contribution in [0.5, 0.6) is 0 Å². The highest BCUT2D eigenvalue weighted by atomic mass is 35.5. The van der Waals surface area contributed by atoms with Crippen molar-refractivity contribution in [1.82, 2.24) is 0 Å². The van der Waals surface area contributed by atoms with Gasteiger partial charge in [-0.15, -0.1) is 11.8 Å². The molecule has 0 N–H and O–H groups in total. The summed E-state index contributed by atoms with van der Waals surface area (Å²) in [6.07, 6.45) is 0. The average molecular weight is 311 g/mol.